The van der Waals surface area contributed by atoms with Crippen molar-refractivity contribution < 1.29 is 14.3 Å². The molecule has 1 fully saturated rings. The second-order valence-corrected chi connectivity index (χ2v) is 9.75. The lowest BCUT2D eigenvalue weighted by Gasteiger charge is -2.34. The second-order valence-electron chi connectivity index (χ2n) is 9.75. The molecule has 1 aliphatic rings. The predicted molar refractivity (Wildman–Crippen MR) is 148 cm³/mol. The van der Waals surface area contributed by atoms with Gasteiger partial charge in [0.05, 0.1) is 37.9 Å². The highest BCUT2D eigenvalue weighted by Gasteiger charge is 2.26. The Bertz CT molecular complexity index is 1520. The number of pyridine rings is 2. The van der Waals surface area contributed by atoms with Crippen LogP contribution in [0.4, 0.5) is 0 Å². The number of aromatic amines is 1. The molecule has 1 aliphatic heterocycles. The van der Waals surface area contributed by atoms with Crippen LogP contribution in [0.3, 0.4) is 0 Å². The molecule has 5 rings (SSSR count). The number of fused-ring (bicyclic) bond motifs is 1. The third-order valence-electron chi connectivity index (χ3n) is 7.45. The van der Waals surface area contributed by atoms with Gasteiger partial charge < -0.3 is 24.2 Å². The minimum atomic E-state index is -0.270. The number of methoxy groups -OCH3 is 1. The number of carbonyl (C=O) groups is 1. The highest BCUT2D eigenvalue weighted by molar-refractivity contribution is 5.98. The van der Waals surface area contributed by atoms with Crippen LogP contribution in [-0.2, 0) is 11.3 Å². The van der Waals surface area contributed by atoms with Crippen LogP contribution in [0.5, 0.6) is 5.75 Å². The monoisotopic (exact) mass is 514 g/mol. The Morgan fingerprint density at radius 1 is 1.13 bits per heavy atom. The van der Waals surface area contributed by atoms with E-state index in [4.69, 9.17) is 9.47 Å². The molecule has 0 bridgehead atoms. The SMILES string of the molecule is COc1cc(C)[nH]c(=O)c1CNC(=O)c1cc2c(-c3ccccc3)ccn2c(C(C)N2CCOCC2)c1C. The number of nitrogens with one attached hydrogen (secondary N) is 2. The lowest BCUT2D eigenvalue weighted by atomic mass is 9.99. The van der Waals surface area contributed by atoms with Gasteiger partial charge in [0.2, 0.25) is 0 Å². The first kappa shape index (κ1) is 25.8. The van der Waals surface area contributed by atoms with E-state index in [0.717, 1.165) is 41.0 Å². The molecule has 38 heavy (non-hydrogen) atoms. The van der Waals surface area contributed by atoms with Crippen LogP contribution >= 0.6 is 0 Å². The zero-order valence-electron chi connectivity index (χ0n) is 22.3. The smallest absolute Gasteiger partial charge is 0.256 e. The van der Waals surface area contributed by atoms with Crippen LogP contribution < -0.4 is 15.6 Å². The van der Waals surface area contributed by atoms with E-state index in [2.05, 4.69) is 50.9 Å². The average Bonchev–Trinajstić information content (AvgIpc) is 3.35. The van der Waals surface area contributed by atoms with Crippen LogP contribution in [0.2, 0.25) is 0 Å². The molecular formula is C30H34N4O4. The molecule has 1 amide bonds. The summed E-state index contributed by atoms with van der Waals surface area (Å²) in [7, 11) is 1.52. The second kappa shape index (κ2) is 10.8. The van der Waals surface area contributed by atoms with E-state index < -0.39 is 0 Å². The molecule has 0 spiro atoms. The van der Waals surface area contributed by atoms with Crippen LogP contribution in [0.25, 0.3) is 16.6 Å². The van der Waals surface area contributed by atoms with Crippen molar-refractivity contribution in [1.29, 1.82) is 0 Å². The Labute approximate surface area is 222 Å². The number of morpholine rings is 1. The molecule has 3 aromatic heterocycles. The number of ether oxygens (including phenoxy) is 2. The molecule has 198 valence electrons. The fourth-order valence-electron chi connectivity index (χ4n) is 5.42. The van der Waals surface area contributed by atoms with Gasteiger partial charge >= 0.3 is 0 Å². The maximum Gasteiger partial charge on any atom is 0.256 e. The Morgan fingerprint density at radius 3 is 2.58 bits per heavy atom. The number of rotatable bonds is 7. The number of hydrogen-bond acceptors (Lipinski definition) is 5. The van der Waals surface area contributed by atoms with Gasteiger partial charge in [-0.1, -0.05) is 30.3 Å². The molecule has 0 radical (unpaired) electrons. The first-order chi connectivity index (χ1) is 18.4. The van der Waals surface area contributed by atoms with Crippen molar-refractivity contribution in [3.8, 4) is 16.9 Å². The topological polar surface area (TPSA) is 88.1 Å². The molecule has 8 nitrogen and oxygen atoms in total. The molecule has 4 heterocycles. The molecule has 0 saturated carbocycles. The molecule has 1 atom stereocenters. The predicted octanol–water partition coefficient (Wildman–Crippen LogP) is 4.24. The lowest BCUT2D eigenvalue weighted by molar-refractivity contribution is 0.0187. The van der Waals surface area contributed by atoms with Crippen molar-refractivity contribution in [3.63, 3.8) is 0 Å². The largest absolute Gasteiger partial charge is 0.496 e. The molecule has 2 N–H and O–H groups in total. The number of amides is 1. The van der Waals surface area contributed by atoms with Crippen molar-refractivity contribution >= 4 is 11.4 Å². The summed E-state index contributed by atoms with van der Waals surface area (Å²) in [4.78, 5) is 31.4. The van der Waals surface area contributed by atoms with Gasteiger partial charge in [-0.05, 0) is 50.1 Å². The van der Waals surface area contributed by atoms with Crippen LogP contribution in [0.1, 0.15) is 45.8 Å². The number of nitrogens with zero attached hydrogens (tertiary/aromatic N) is 2. The summed E-state index contributed by atoms with van der Waals surface area (Å²) in [5.74, 6) is 0.223. The number of aromatic nitrogens is 2. The summed E-state index contributed by atoms with van der Waals surface area (Å²) < 4.78 is 13.2. The van der Waals surface area contributed by atoms with E-state index in [-0.39, 0.29) is 24.1 Å². The number of benzene rings is 1. The van der Waals surface area contributed by atoms with Gasteiger partial charge in [0.1, 0.15) is 5.75 Å². The maximum atomic E-state index is 13.7. The minimum absolute atomic E-state index is 0.0587. The molecule has 1 unspecified atom stereocenters. The van der Waals surface area contributed by atoms with Gasteiger partial charge in [-0.2, -0.15) is 0 Å². The molecule has 0 aliphatic carbocycles. The average molecular weight is 515 g/mol. The van der Waals surface area contributed by atoms with E-state index >= 15 is 0 Å². The standard InChI is InChI=1S/C30H34N4O4/c1-19-16-27(37-4)25(30(36)32-19)18-31-29(35)24-17-26-23(22-8-6-5-7-9-22)10-11-34(26)28(20(24)2)21(3)33-12-14-38-15-13-33/h5-11,16-17,21H,12-15,18H2,1-4H3,(H,31,35)(H,32,36). The minimum Gasteiger partial charge on any atom is -0.496 e. The first-order valence-corrected chi connectivity index (χ1v) is 13.0. The zero-order valence-corrected chi connectivity index (χ0v) is 22.3. The van der Waals surface area contributed by atoms with E-state index in [1.165, 1.54) is 7.11 Å². The normalized spacial score (nSPS) is 14.9. The quantitative estimate of drug-likeness (QED) is 0.385. The first-order valence-electron chi connectivity index (χ1n) is 13.0. The van der Waals surface area contributed by atoms with E-state index in [1.807, 2.05) is 31.2 Å². The van der Waals surface area contributed by atoms with Crippen molar-refractivity contribution in [1.82, 2.24) is 19.6 Å². The van der Waals surface area contributed by atoms with Crippen molar-refractivity contribution in [3.05, 3.63) is 93.2 Å². The van der Waals surface area contributed by atoms with E-state index in [1.54, 1.807) is 13.0 Å². The Hall–Kier alpha value is -3.88. The van der Waals surface area contributed by atoms with E-state index in [0.29, 0.717) is 35.8 Å². The fourth-order valence-corrected chi connectivity index (χ4v) is 5.42. The number of H-pyrrole nitrogens is 1. The lowest BCUT2D eigenvalue weighted by Crippen LogP contribution is -2.39. The number of hydrogen-bond donors (Lipinski definition) is 2. The summed E-state index contributed by atoms with van der Waals surface area (Å²) in [5.41, 5.74) is 6.51. The van der Waals surface area contributed by atoms with Gasteiger partial charge in [0.15, 0.2) is 0 Å². The van der Waals surface area contributed by atoms with Crippen molar-refractivity contribution in [2.45, 2.75) is 33.4 Å². The summed E-state index contributed by atoms with van der Waals surface area (Å²) in [6.07, 6.45) is 2.09. The Morgan fingerprint density at radius 2 is 1.87 bits per heavy atom. The Balaban J connectivity index is 1.58. The highest BCUT2D eigenvalue weighted by Crippen LogP contribution is 2.33. The van der Waals surface area contributed by atoms with Gasteiger partial charge in [-0.15, -0.1) is 0 Å². The number of carbonyl (C=O) groups excluding carboxylic acids is 1. The molecular weight excluding hydrogens is 480 g/mol. The van der Waals surface area contributed by atoms with Gasteiger partial charge in [-0.25, -0.2) is 0 Å². The zero-order chi connectivity index (χ0) is 26.8. The van der Waals surface area contributed by atoms with Gasteiger partial charge in [0, 0.05) is 47.8 Å². The van der Waals surface area contributed by atoms with Gasteiger partial charge in [-0.3, -0.25) is 14.5 Å². The number of aryl methyl sites for hydroxylation is 1. The third kappa shape index (κ3) is 4.85. The van der Waals surface area contributed by atoms with Crippen molar-refractivity contribution in [2.75, 3.05) is 33.4 Å². The summed E-state index contributed by atoms with van der Waals surface area (Å²) >= 11 is 0. The van der Waals surface area contributed by atoms with Crippen molar-refractivity contribution in [2.24, 2.45) is 0 Å². The molecule has 8 heteroatoms. The summed E-state index contributed by atoms with van der Waals surface area (Å²) in [6, 6.07) is 16.1. The van der Waals surface area contributed by atoms with Gasteiger partial charge in [0.25, 0.3) is 11.5 Å². The van der Waals surface area contributed by atoms with Crippen LogP contribution in [0, 0.1) is 13.8 Å². The third-order valence-corrected chi connectivity index (χ3v) is 7.45. The summed E-state index contributed by atoms with van der Waals surface area (Å²) in [6.45, 7) is 9.10. The van der Waals surface area contributed by atoms with Crippen LogP contribution in [0.15, 0.2) is 59.5 Å². The molecule has 1 saturated heterocycles. The molecule has 4 aromatic rings. The Kier molecular flexibility index (Phi) is 7.35. The maximum absolute atomic E-state index is 13.7. The molecule has 1 aromatic carbocycles. The van der Waals surface area contributed by atoms with E-state index in [9.17, 15) is 9.59 Å². The fraction of sp³-hybridized carbons (Fsp3) is 0.333. The van der Waals surface area contributed by atoms with Crippen LogP contribution in [-0.4, -0.2) is 53.6 Å². The summed E-state index contributed by atoms with van der Waals surface area (Å²) in [5, 5.41) is 2.97. The highest BCUT2D eigenvalue weighted by atomic mass is 16.5.